The summed E-state index contributed by atoms with van der Waals surface area (Å²) in [6.07, 6.45) is 0.0817. The lowest BCUT2D eigenvalue weighted by atomic mass is 9.95. The first-order valence-corrected chi connectivity index (χ1v) is 9.78. The number of hydrogen-bond donors (Lipinski definition) is 1. The fourth-order valence-electron chi connectivity index (χ4n) is 3.98. The first-order valence-electron chi connectivity index (χ1n) is 9.78. The molecule has 29 heavy (non-hydrogen) atoms. The normalized spacial score (nSPS) is 14.9. The summed E-state index contributed by atoms with van der Waals surface area (Å²) in [6, 6.07) is 20.4. The van der Waals surface area contributed by atoms with Crippen molar-refractivity contribution >= 4 is 5.97 Å². The van der Waals surface area contributed by atoms with E-state index in [-0.39, 0.29) is 12.3 Å². The number of aliphatic carboxylic acids is 1. The number of ether oxygens (including phenoxy) is 2. The van der Waals surface area contributed by atoms with E-state index in [4.69, 9.17) is 14.6 Å². The number of aryl methyl sites for hydroxylation is 2. The molecule has 0 saturated carbocycles. The van der Waals surface area contributed by atoms with E-state index in [9.17, 15) is 4.79 Å². The minimum Gasteiger partial charge on any atom is -0.492 e. The average Bonchev–Trinajstić information content (AvgIpc) is 3.08. The quantitative estimate of drug-likeness (QED) is 0.606. The number of fused-ring (bicyclic) bond motifs is 1. The van der Waals surface area contributed by atoms with E-state index in [1.54, 1.807) is 0 Å². The Balaban J connectivity index is 1.49. The Hall–Kier alpha value is -3.27. The van der Waals surface area contributed by atoms with Gasteiger partial charge in [-0.3, -0.25) is 4.79 Å². The predicted octanol–water partition coefficient (Wildman–Crippen LogP) is 5.50. The van der Waals surface area contributed by atoms with Gasteiger partial charge in [-0.05, 0) is 53.8 Å². The topological polar surface area (TPSA) is 55.8 Å². The summed E-state index contributed by atoms with van der Waals surface area (Å²) in [6.45, 7) is 5.13. The second-order valence-corrected chi connectivity index (χ2v) is 7.56. The fourth-order valence-corrected chi connectivity index (χ4v) is 3.98. The molecule has 4 rings (SSSR count). The van der Waals surface area contributed by atoms with Gasteiger partial charge in [-0.15, -0.1) is 0 Å². The van der Waals surface area contributed by atoms with Gasteiger partial charge >= 0.3 is 5.97 Å². The molecule has 0 aliphatic carbocycles. The van der Waals surface area contributed by atoms with Gasteiger partial charge in [0.1, 0.15) is 18.1 Å². The van der Waals surface area contributed by atoms with Gasteiger partial charge in [0, 0.05) is 17.5 Å². The third-order valence-corrected chi connectivity index (χ3v) is 5.39. The minimum atomic E-state index is -0.810. The highest BCUT2D eigenvalue weighted by Crippen LogP contribution is 2.38. The Morgan fingerprint density at radius 1 is 1.07 bits per heavy atom. The van der Waals surface area contributed by atoms with E-state index < -0.39 is 5.97 Å². The molecule has 0 amide bonds. The van der Waals surface area contributed by atoms with Crippen LogP contribution in [0.25, 0.3) is 11.1 Å². The van der Waals surface area contributed by atoms with Crippen molar-refractivity contribution in [2.24, 2.45) is 0 Å². The molecule has 4 heteroatoms. The SMILES string of the molecule is Cc1cccc(C)c1-c1cccc(COc2ccc3c(c2)OCC3CC(=O)O)c1. The van der Waals surface area contributed by atoms with E-state index in [1.807, 2.05) is 18.2 Å². The van der Waals surface area contributed by atoms with Gasteiger partial charge in [0.05, 0.1) is 13.0 Å². The molecule has 4 nitrogen and oxygen atoms in total. The summed E-state index contributed by atoms with van der Waals surface area (Å²) in [5.74, 6) is 0.538. The molecule has 1 aliphatic heterocycles. The Kier molecular flexibility index (Phi) is 5.26. The van der Waals surface area contributed by atoms with Crippen LogP contribution >= 0.6 is 0 Å². The molecule has 0 saturated heterocycles. The Bertz CT molecular complexity index is 1030. The number of carboxylic acid groups (broad SMARTS) is 1. The molecule has 148 valence electrons. The molecule has 3 aromatic carbocycles. The first-order chi connectivity index (χ1) is 14.0. The Morgan fingerprint density at radius 2 is 1.83 bits per heavy atom. The summed E-state index contributed by atoms with van der Waals surface area (Å²) in [5.41, 5.74) is 7.01. The minimum absolute atomic E-state index is 0.0817. The Labute approximate surface area is 170 Å². The van der Waals surface area contributed by atoms with Crippen molar-refractivity contribution < 1.29 is 19.4 Å². The van der Waals surface area contributed by atoms with Crippen molar-refractivity contribution in [1.82, 2.24) is 0 Å². The zero-order valence-electron chi connectivity index (χ0n) is 16.6. The summed E-state index contributed by atoms with van der Waals surface area (Å²) in [7, 11) is 0. The summed E-state index contributed by atoms with van der Waals surface area (Å²) >= 11 is 0. The van der Waals surface area contributed by atoms with Crippen LogP contribution in [0.1, 0.15) is 34.6 Å². The maximum absolute atomic E-state index is 11.0. The highest BCUT2D eigenvalue weighted by Gasteiger charge is 2.26. The number of carbonyl (C=O) groups is 1. The van der Waals surface area contributed by atoms with Crippen LogP contribution in [0.4, 0.5) is 0 Å². The van der Waals surface area contributed by atoms with Crippen LogP contribution in [0.15, 0.2) is 60.7 Å². The number of hydrogen-bond acceptors (Lipinski definition) is 3. The summed E-state index contributed by atoms with van der Waals surface area (Å²) < 4.78 is 11.7. The number of rotatable bonds is 6. The van der Waals surface area contributed by atoms with Crippen molar-refractivity contribution in [2.45, 2.75) is 32.8 Å². The molecule has 1 unspecified atom stereocenters. The molecule has 0 aromatic heterocycles. The molecule has 1 atom stereocenters. The van der Waals surface area contributed by atoms with Crippen molar-refractivity contribution in [3.63, 3.8) is 0 Å². The van der Waals surface area contributed by atoms with Crippen LogP contribution in [0.5, 0.6) is 11.5 Å². The molecule has 0 spiro atoms. The molecule has 0 bridgehead atoms. The largest absolute Gasteiger partial charge is 0.492 e. The smallest absolute Gasteiger partial charge is 0.304 e. The van der Waals surface area contributed by atoms with Crippen LogP contribution in [0, 0.1) is 13.8 Å². The predicted molar refractivity (Wildman–Crippen MR) is 113 cm³/mol. The summed E-state index contributed by atoms with van der Waals surface area (Å²) in [5, 5.41) is 9.02. The highest BCUT2D eigenvalue weighted by atomic mass is 16.5. The second kappa shape index (κ2) is 8.00. The molecule has 3 aromatic rings. The molecule has 1 N–H and O–H groups in total. The van der Waals surface area contributed by atoms with Gasteiger partial charge in [0.25, 0.3) is 0 Å². The van der Waals surface area contributed by atoms with Gasteiger partial charge in [0.15, 0.2) is 0 Å². The number of carboxylic acids is 1. The molecule has 0 fully saturated rings. The third kappa shape index (κ3) is 4.11. The van der Waals surface area contributed by atoms with Gasteiger partial charge in [-0.2, -0.15) is 0 Å². The van der Waals surface area contributed by atoms with Gasteiger partial charge in [0.2, 0.25) is 0 Å². The van der Waals surface area contributed by atoms with E-state index >= 15 is 0 Å². The molecule has 1 aliphatic rings. The van der Waals surface area contributed by atoms with Crippen molar-refractivity contribution in [2.75, 3.05) is 6.61 Å². The first kappa shape index (κ1) is 19.1. The van der Waals surface area contributed by atoms with Gasteiger partial charge in [-0.1, -0.05) is 42.5 Å². The lowest BCUT2D eigenvalue weighted by Crippen LogP contribution is -2.07. The zero-order chi connectivity index (χ0) is 20.4. The Morgan fingerprint density at radius 3 is 2.59 bits per heavy atom. The third-order valence-electron chi connectivity index (χ3n) is 5.39. The van der Waals surface area contributed by atoms with Crippen LogP contribution in [-0.2, 0) is 11.4 Å². The molecule has 0 radical (unpaired) electrons. The van der Waals surface area contributed by atoms with E-state index in [1.165, 1.54) is 22.3 Å². The van der Waals surface area contributed by atoms with Gasteiger partial charge < -0.3 is 14.6 Å². The average molecular weight is 388 g/mol. The van der Waals surface area contributed by atoms with Crippen molar-refractivity contribution in [3.05, 3.63) is 82.9 Å². The second-order valence-electron chi connectivity index (χ2n) is 7.56. The van der Waals surface area contributed by atoms with Crippen molar-refractivity contribution in [1.29, 1.82) is 0 Å². The van der Waals surface area contributed by atoms with Gasteiger partial charge in [-0.25, -0.2) is 0 Å². The van der Waals surface area contributed by atoms with Crippen LogP contribution < -0.4 is 9.47 Å². The van der Waals surface area contributed by atoms with E-state index in [2.05, 4.69) is 56.3 Å². The highest BCUT2D eigenvalue weighted by molar-refractivity contribution is 5.71. The fraction of sp³-hybridized carbons (Fsp3) is 0.240. The van der Waals surface area contributed by atoms with Crippen LogP contribution in [0.2, 0.25) is 0 Å². The van der Waals surface area contributed by atoms with E-state index in [0.717, 1.165) is 22.6 Å². The summed E-state index contributed by atoms with van der Waals surface area (Å²) in [4.78, 5) is 11.0. The van der Waals surface area contributed by atoms with Crippen LogP contribution in [0.3, 0.4) is 0 Å². The molecule has 1 heterocycles. The standard InChI is InChI=1S/C25H24O4/c1-16-5-3-6-17(2)25(16)19-8-4-7-18(11-19)14-28-21-9-10-22-20(12-24(26)27)15-29-23(22)13-21/h3-11,13,20H,12,14-15H2,1-2H3,(H,26,27). The maximum atomic E-state index is 11.0. The van der Waals surface area contributed by atoms with Crippen LogP contribution in [-0.4, -0.2) is 17.7 Å². The van der Waals surface area contributed by atoms with Crippen molar-refractivity contribution in [3.8, 4) is 22.6 Å². The lowest BCUT2D eigenvalue weighted by Gasteiger charge is -2.12. The maximum Gasteiger partial charge on any atom is 0.304 e. The number of benzene rings is 3. The molecular weight excluding hydrogens is 364 g/mol. The molecular formula is C25H24O4. The van der Waals surface area contributed by atoms with E-state index in [0.29, 0.717) is 13.2 Å². The monoisotopic (exact) mass is 388 g/mol. The lowest BCUT2D eigenvalue weighted by molar-refractivity contribution is -0.137. The zero-order valence-corrected chi connectivity index (χ0v) is 16.6.